The zero-order chi connectivity index (χ0) is 10.8. The molecule has 1 atom stereocenters. The molecule has 1 aliphatic heterocycles. The third kappa shape index (κ3) is 2.17. The molecule has 15 heavy (non-hydrogen) atoms. The Morgan fingerprint density at radius 1 is 1.53 bits per heavy atom. The lowest BCUT2D eigenvalue weighted by atomic mass is 9.91. The number of fused-ring (bicyclic) bond motifs is 1. The van der Waals surface area contributed by atoms with E-state index >= 15 is 0 Å². The minimum atomic E-state index is 0.469. The van der Waals surface area contributed by atoms with E-state index in [4.69, 9.17) is 17.3 Å². The first kappa shape index (κ1) is 10.9. The number of rotatable bonds is 2. The SMILES string of the molecule is CN1CCc2cc(Cl)ccc2C1CCN. The number of likely N-dealkylation sites (N-methyl/N-ethyl adjacent to an activating group) is 1. The Hall–Kier alpha value is -0.570. The fourth-order valence-corrected chi connectivity index (χ4v) is 2.53. The van der Waals surface area contributed by atoms with Gasteiger partial charge >= 0.3 is 0 Å². The summed E-state index contributed by atoms with van der Waals surface area (Å²) in [6, 6.07) is 6.68. The summed E-state index contributed by atoms with van der Waals surface area (Å²) in [7, 11) is 2.16. The van der Waals surface area contributed by atoms with Crippen LogP contribution in [0.2, 0.25) is 5.02 Å². The second-order valence-corrected chi connectivity index (χ2v) is 4.60. The van der Waals surface area contributed by atoms with Crippen molar-refractivity contribution in [2.45, 2.75) is 18.9 Å². The highest BCUT2D eigenvalue weighted by atomic mass is 35.5. The topological polar surface area (TPSA) is 29.3 Å². The molecule has 1 aliphatic rings. The van der Waals surface area contributed by atoms with Gasteiger partial charge in [-0.05, 0) is 49.7 Å². The summed E-state index contributed by atoms with van der Waals surface area (Å²) in [5.74, 6) is 0. The molecular weight excluding hydrogens is 208 g/mol. The van der Waals surface area contributed by atoms with Gasteiger partial charge in [0.1, 0.15) is 0 Å². The van der Waals surface area contributed by atoms with Crippen molar-refractivity contribution in [2.75, 3.05) is 20.1 Å². The molecule has 0 bridgehead atoms. The Morgan fingerprint density at radius 2 is 2.33 bits per heavy atom. The summed E-state index contributed by atoms with van der Waals surface area (Å²) in [6.45, 7) is 1.83. The third-order valence-electron chi connectivity index (χ3n) is 3.17. The highest BCUT2D eigenvalue weighted by Crippen LogP contribution is 2.32. The number of benzene rings is 1. The molecule has 0 spiro atoms. The summed E-state index contributed by atoms with van der Waals surface area (Å²) in [5, 5.41) is 0.838. The molecule has 0 radical (unpaired) electrons. The van der Waals surface area contributed by atoms with Gasteiger partial charge < -0.3 is 5.73 Å². The van der Waals surface area contributed by atoms with E-state index in [0.29, 0.717) is 6.04 Å². The minimum absolute atomic E-state index is 0.469. The first-order chi connectivity index (χ1) is 7.22. The fourth-order valence-electron chi connectivity index (χ4n) is 2.34. The molecule has 1 aromatic carbocycles. The van der Waals surface area contributed by atoms with Crippen molar-refractivity contribution < 1.29 is 0 Å². The molecule has 82 valence electrons. The molecule has 1 unspecified atom stereocenters. The summed E-state index contributed by atoms with van der Waals surface area (Å²) in [6.07, 6.45) is 2.11. The van der Waals surface area contributed by atoms with E-state index in [0.717, 1.165) is 31.0 Å². The first-order valence-corrected chi connectivity index (χ1v) is 5.79. The Morgan fingerprint density at radius 3 is 3.07 bits per heavy atom. The number of hydrogen-bond donors (Lipinski definition) is 1. The van der Waals surface area contributed by atoms with Crippen LogP contribution in [-0.2, 0) is 6.42 Å². The van der Waals surface area contributed by atoms with Crippen LogP contribution in [0.5, 0.6) is 0 Å². The second-order valence-electron chi connectivity index (χ2n) is 4.17. The van der Waals surface area contributed by atoms with Crippen molar-refractivity contribution in [1.29, 1.82) is 0 Å². The standard InChI is InChI=1S/C12H17ClN2/c1-15-7-5-9-8-10(13)2-3-11(9)12(15)4-6-14/h2-3,8,12H,4-7,14H2,1H3. The quantitative estimate of drug-likeness (QED) is 0.835. The monoisotopic (exact) mass is 224 g/mol. The molecule has 0 saturated carbocycles. The zero-order valence-electron chi connectivity index (χ0n) is 9.04. The van der Waals surface area contributed by atoms with Crippen LogP contribution in [0.25, 0.3) is 0 Å². The van der Waals surface area contributed by atoms with E-state index in [2.05, 4.69) is 24.1 Å². The Bertz CT molecular complexity index is 351. The van der Waals surface area contributed by atoms with E-state index in [1.54, 1.807) is 0 Å². The predicted molar refractivity (Wildman–Crippen MR) is 64.2 cm³/mol. The number of halogens is 1. The summed E-state index contributed by atoms with van der Waals surface area (Å²) >= 11 is 6.00. The minimum Gasteiger partial charge on any atom is -0.330 e. The van der Waals surface area contributed by atoms with Crippen LogP contribution in [0.1, 0.15) is 23.6 Å². The molecular formula is C12H17ClN2. The molecule has 0 saturated heterocycles. The van der Waals surface area contributed by atoms with Gasteiger partial charge in [-0.2, -0.15) is 0 Å². The van der Waals surface area contributed by atoms with Gasteiger partial charge in [0.25, 0.3) is 0 Å². The number of hydrogen-bond acceptors (Lipinski definition) is 2. The van der Waals surface area contributed by atoms with E-state index in [1.165, 1.54) is 11.1 Å². The van der Waals surface area contributed by atoms with Crippen LogP contribution < -0.4 is 5.73 Å². The van der Waals surface area contributed by atoms with Crippen LogP contribution in [0.3, 0.4) is 0 Å². The zero-order valence-corrected chi connectivity index (χ0v) is 9.80. The smallest absolute Gasteiger partial charge is 0.0408 e. The van der Waals surface area contributed by atoms with Crippen molar-refractivity contribution in [3.8, 4) is 0 Å². The maximum atomic E-state index is 6.00. The summed E-state index contributed by atoms with van der Waals surface area (Å²) in [4.78, 5) is 2.38. The highest BCUT2D eigenvalue weighted by Gasteiger charge is 2.23. The second kappa shape index (κ2) is 4.52. The number of nitrogens with two attached hydrogens (primary N) is 1. The molecule has 2 nitrogen and oxygen atoms in total. The van der Waals surface area contributed by atoms with Gasteiger partial charge in [0.15, 0.2) is 0 Å². The van der Waals surface area contributed by atoms with Crippen LogP contribution in [0.15, 0.2) is 18.2 Å². The Kier molecular flexibility index (Phi) is 3.29. The van der Waals surface area contributed by atoms with Crippen LogP contribution in [-0.4, -0.2) is 25.0 Å². The van der Waals surface area contributed by atoms with Crippen molar-refractivity contribution >= 4 is 11.6 Å². The van der Waals surface area contributed by atoms with Gasteiger partial charge in [0, 0.05) is 17.6 Å². The molecule has 2 rings (SSSR count). The van der Waals surface area contributed by atoms with Crippen molar-refractivity contribution in [2.24, 2.45) is 5.73 Å². The summed E-state index contributed by atoms with van der Waals surface area (Å²) < 4.78 is 0. The molecule has 0 aliphatic carbocycles. The van der Waals surface area contributed by atoms with Crippen molar-refractivity contribution in [3.05, 3.63) is 34.3 Å². The first-order valence-electron chi connectivity index (χ1n) is 5.41. The van der Waals surface area contributed by atoms with Crippen molar-refractivity contribution in [3.63, 3.8) is 0 Å². The molecule has 0 amide bonds. The van der Waals surface area contributed by atoms with Gasteiger partial charge in [-0.15, -0.1) is 0 Å². The maximum absolute atomic E-state index is 6.00. The van der Waals surface area contributed by atoms with Gasteiger partial charge in [-0.3, -0.25) is 4.90 Å². The highest BCUT2D eigenvalue weighted by molar-refractivity contribution is 6.30. The van der Waals surface area contributed by atoms with Gasteiger partial charge in [0.2, 0.25) is 0 Å². The molecule has 3 heteroatoms. The molecule has 1 aromatic rings. The van der Waals surface area contributed by atoms with E-state index in [-0.39, 0.29) is 0 Å². The third-order valence-corrected chi connectivity index (χ3v) is 3.41. The van der Waals surface area contributed by atoms with Crippen molar-refractivity contribution in [1.82, 2.24) is 4.90 Å². The van der Waals surface area contributed by atoms with E-state index < -0.39 is 0 Å². The van der Waals surface area contributed by atoms with Crippen LogP contribution in [0, 0.1) is 0 Å². The molecule has 2 N–H and O–H groups in total. The Balaban J connectivity index is 2.34. The molecule has 1 heterocycles. The largest absolute Gasteiger partial charge is 0.330 e. The Labute approximate surface area is 96.0 Å². The fraction of sp³-hybridized carbons (Fsp3) is 0.500. The lowest BCUT2D eigenvalue weighted by molar-refractivity contribution is 0.222. The predicted octanol–water partition coefficient (Wildman–Crippen LogP) is 2.22. The van der Waals surface area contributed by atoms with E-state index in [9.17, 15) is 0 Å². The average Bonchev–Trinajstić information content (AvgIpc) is 2.22. The van der Waals surface area contributed by atoms with E-state index in [1.807, 2.05) is 6.07 Å². The van der Waals surface area contributed by atoms with Gasteiger partial charge in [-0.25, -0.2) is 0 Å². The normalized spacial score (nSPS) is 21.4. The lowest BCUT2D eigenvalue weighted by Gasteiger charge is -2.34. The van der Waals surface area contributed by atoms with Gasteiger partial charge in [0.05, 0.1) is 0 Å². The lowest BCUT2D eigenvalue weighted by Crippen LogP contribution is -2.33. The molecule has 0 fully saturated rings. The van der Waals surface area contributed by atoms with Crippen LogP contribution in [0.4, 0.5) is 0 Å². The maximum Gasteiger partial charge on any atom is 0.0408 e. The van der Waals surface area contributed by atoms with Gasteiger partial charge in [-0.1, -0.05) is 17.7 Å². The average molecular weight is 225 g/mol. The molecule has 0 aromatic heterocycles. The van der Waals surface area contributed by atoms with Crippen LogP contribution >= 0.6 is 11.6 Å². The number of nitrogens with zero attached hydrogens (tertiary/aromatic N) is 1. The summed E-state index contributed by atoms with van der Waals surface area (Å²) in [5.41, 5.74) is 8.45.